The molecule has 0 aromatic heterocycles. The first-order valence-corrected chi connectivity index (χ1v) is 5.36. The molecule has 0 aromatic carbocycles. The van der Waals surface area contributed by atoms with Gasteiger partial charge >= 0.3 is 0 Å². The summed E-state index contributed by atoms with van der Waals surface area (Å²) in [5.74, 6) is 0. The molecule has 0 spiro atoms. The van der Waals surface area contributed by atoms with Crippen LogP contribution in [0.4, 0.5) is 0 Å². The third-order valence-corrected chi connectivity index (χ3v) is 2.01. The van der Waals surface area contributed by atoms with Crippen LogP contribution in [0.2, 0.25) is 0 Å². The highest BCUT2D eigenvalue weighted by Gasteiger charge is 1.84. The smallest absolute Gasteiger partial charge is 0.0351 e. The molecule has 1 radical (unpaired) electrons. The summed E-state index contributed by atoms with van der Waals surface area (Å²) in [7, 11) is 0. The van der Waals surface area contributed by atoms with Crippen molar-refractivity contribution in [1.29, 1.82) is 0 Å². The van der Waals surface area contributed by atoms with Crippen molar-refractivity contribution in [2.45, 2.75) is 58.3 Å². The van der Waals surface area contributed by atoms with Crippen LogP contribution in [0.15, 0.2) is 12.2 Å². The van der Waals surface area contributed by atoms with E-state index in [1.165, 1.54) is 44.9 Å². The predicted octanol–water partition coefficient (Wildman–Crippen LogP) is 4.52. The van der Waals surface area contributed by atoms with Crippen LogP contribution in [0.5, 0.6) is 0 Å². The summed E-state index contributed by atoms with van der Waals surface area (Å²) in [5.41, 5.74) is 0. The highest BCUT2D eigenvalue weighted by atomic mass is 13.9. The van der Waals surface area contributed by atoms with Crippen LogP contribution < -0.4 is 0 Å². The van der Waals surface area contributed by atoms with Crippen molar-refractivity contribution in [3.63, 3.8) is 0 Å². The first-order chi connectivity index (χ1) is 5.91. The molecule has 0 bridgehead atoms. The van der Waals surface area contributed by atoms with E-state index in [1.54, 1.807) is 0 Å². The molecule has 0 atom stereocenters. The van der Waals surface area contributed by atoms with Crippen LogP contribution >= 0.6 is 0 Å². The summed E-state index contributed by atoms with van der Waals surface area (Å²) in [4.78, 5) is 0. The molecule has 0 aliphatic rings. The third-order valence-electron chi connectivity index (χ3n) is 2.01. The van der Waals surface area contributed by atoms with E-state index in [-0.39, 0.29) is 0 Å². The lowest BCUT2D eigenvalue weighted by Gasteiger charge is -1.94. The van der Waals surface area contributed by atoms with Crippen molar-refractivity contribution >= 4 is 0 Å². The van der Waals surface area contributed by atoms with Gasteiger partial charge in [0.2, 0.25) is 0 Å². The van der Waals surface area contributed by atoms with E-state index in [9.17, 15) is 0 Å². The van der Waals surface area contributed by atoms with E-state index >= 15 is 0 Å². The molecule has 0 unspecified atom stereocenters. The van der Waals surface area contributed by atoms with Crippen LogP contribution in [0.3, 0.4) is 0 Å². The van der Waals surface area contributed by atoms with Crippen molar-refractivity contribution in [2.24, 2.45) is 0 Å². The molecule has 0 saturated carbocycles. The van der Waals surface area contributed by atoms with Gasteiger partial charge in [-0.15, -0.1) is 0 Å². The second-order valence-electron chi connectivity index (χ2n) is 3.32. The maximum absolute atomic E-state index is 3.83. The molecule has 0 nitrogen and oxygen atoms in total. The number of unbranched alkanes of at least 4 members (excludes halogenated alkanes) is 6. The minimum Gasteiger partial charge on any atom is -0.0885 e. The lowest BCUT2D eigenvalue weighted by atomic mass is 10.1. The highest BCUT2D eigenvalue weighted by Crippen LogP contribution is 2.03. The molecule has 0 aromatic rings. The Morgan fingerprint density at radius 3 is 2.17 bits per heavy atom. The molecule has 71 valence electrons. The molecule has 0 heteroatoms. The zero-order chi connectivity index (χ0) is 9.07. The van der Waals surface area contributed by atoms with Gasteiger partial charge in [0.1, 0.15) is 0 Å². The fraction of sp³-hybridized carbons (Fsp3) is 0.750. The lowest BCUT2D eigenvalue weighted by molar-refractivity contribution is 0.693. The lowest BCUT2D eigenvalue weighted by Crippen LogP contribution is -1.74. The van der Waals surface area contributed by atoms with Gasteiger partial charge < -0.3 is 0 Å². The van der Waals surface area contributed by atoms with Crippen LogP contribution in [-0.2, 0) is 0 Å². The van der Waals surface area contributed by atoms with E-state index in [2.05, 4.69) is 26.0 Å². The Morgan fingerprint density at radius 2 is 1.58 bits per heavy atom. The molecular formula is C12H23. The van der Waals surface area contributed by atoms with E-state index < -0.39 is 0 Å². The molecule has 0 aliphatic carbocycles. The van der Waals surface area contributed by atoms with Crippen LogP contribution in [0, 0.1) is 6.92 Å². The van der Waals surface area contributed by atoms with Gasteiger partial charge in [0.05, 0.1) is 0 Å². The van der Waals surface area contributed by atoms with Gasteiger partial charge in [0.15, 0.2) is 0 Å². The largest absolute Gasteiger partial charge is 0.0885 e. The van der Waals surface area contributed by atoms with Gasteiger partial charge in [-0.1, -0.05) is 58.1 Å². The number of rotatable bonds is 8. The van der Waals surface area contributed by atoms with E-state index in [4.69, 9.17) is 0 Å². The molecular weight excluding hydrogens is 144 g/mol. The molecule has 0 saturated heterocycles. The fourth-order valence-corrected chi connectivity index (χ4v) is 1.17. The third kappa shape index (κ3) is 9.74. The zero-order valence-corrected chi connectivity index (χ0v) is 8.52. The quantitative estimate of drug-likeness (QED) is 0.368. The Balaban J connectivity index is 2.92. The van der Waals surface area contributed by atoms with Gasteiger partial charge in [0, 0.05) is 0 Å². The highest BCUT2D eigenvalue weighted by molar-refractivity contribution is 4.80. The maximum Gasteiger partial charge on any atom is -0.0351 e. The molecule has 0 rings (SSSR count). The van der Waals surface area contributed by atoms with Crippen molar-refractivity contribution in [3.05, 3.63) is 19.1 Å². The summed E-state index contributed by atoms with van der Waals surface area (Å²) >= 11 is 0. The maximum atomic E-state index is 3.83. The normalized spacial score (nSPS) is 11.2. The van der Waals surface area contributed by atoms with Crippen molar-refractivity contribution in [1.82, 2.24) is 0 Å². The Kier molecular flexibility index (Phi) is 10.5. The van der Waals surface area contributed by atoms with Crippen LogP contribution in [-0.4, -0.2) is 0 Å². The molecule has 12 heavy (non-hydrogen) atoms. The van der Waals surface area contributed by atoms with Crippen LogP contribution in [0.1, 0.15) is 58.3 Å². The molecule has 0 aliphatic heterocycles. The second kappa shape index (κ2) is 10.7. The molecule has 0 heterocycles. The summed E-state index contributed by atoms with van der Waals surface area (Å²) in [5, 5.41) is 0. The van der Waals surface area contributed by atoms with Gasteiger partial charge in [0.25, 0.3) is 0 Å². The van der Waals surface area contributed by atoms with E-state index in [0.717, 1.165) is 6.42 Å². The average molecular weight is 167 g/mol. The van der Waals surface area contributed by atoms with Crippen molar-refractivity contribution in [3.8, 4) is 0 Å². The Hall–Kier alpha value is -0.260. The van der Waals surface area contributed by atoms with Gasteiger partial charge in [-0.05, 0) is 19.3 Å². The second-order valence-corrected chi connectivity index (χ2v) is 3.32. The average Bonchev–Trinajstić information content (AvgIpc) is 2.10. The molecule has 0 fully saturated rings. The first-order valence-electron chi connectivity index (χ1n) is 5.36. The number of hydrogen-bond acceptors (Lipinski definition) is 0. The summed E-state index contributed by atoms with van der Waals surface area (Å²) in [6.45, 7) is 6.06. The van der Waals surface area contributed by atoms with Gasteiger partial charge in [-0.25, -0.2) is 0 Å². The van der Waals surface area contributed by atoms with Crippen molar-refractivity contribution in [2.75, 3.05) is 0 Å². The Bertz CT molecular complexity index is 92.2. The fourth-order valence-electron chi connectivity index (χ4n) is 1.17. The van der Waals surface area contributed by atoms with E-state index in [1.807, 2.05) is 0 Å². The minimum absolute atomic E-state index is 1.10. The Labute approximate surface area is 78.1 Å². The van der Waals surface area contributed by atoms with Crippen molar-refractivity contribution < 1.29 is 0 Å². The summed E-state index contributed by atoms with van der Waals surface area (Å²) in [6.07, 6.45) is 14.9. The first kappa shape index (κ1) is 11.7. The SMILES string of the molecule is [CH2]CCCCC/C=C/CCCC. The Morgan fingerprint density at radius 1 is 0.917 bits per heavy atom. The number of hydrogen-bond donors (Lipinski definition) is 0. The summed E-state index contributed by atoms with van der Waals surface area (Å²) in [6, 6.07) is 0. The monoisotopic (exact) mass is 167 g/mol. The predicted molar refractivity (Wildman–Crippen MR) is 57.1 cm³/mol. The molecule has 0 amide bonds. The number of allylic oxidation sites excluding steroid dienone is 2. The minimum atomic E-state index is 1.10. The van der Waals surface area contributed by atoms with Gasteiger partial charge in [-0.3, -0.25) is 0 Å². The standard InChI is InChI=1S/C12H23/c1-3-5-7-9-11-12-10-8-6-4-2/h10,12H,1,3-9,11H2,2H3/b12-10+. The topological polar surface area (TPSA) is 0 Å². The summed E-state index contributed by atoms with van der Waals surface area (Å²) < 4.78 is 0. The van der Waals surface area contributed by atoms with Crippen LogP contribution in [0.25, 0.3) is 0 Å². The van der Waals surface area contributed by atoms with E-state index in [0.29, 0.717) is 0 Å². The zero-order valence-electron chi connectivity index (χ0n) is 8.52. The van der Waals surface area contributed by atoms with Gasteiger partial charge in [-0.2, -0.15) is 0 Å². The molecule has 0 N–H and O–H groups in total.